The number of aromatic hydroxyl groups is 1. The van der Waals surface area contributed by atoms with E-state index in [-0.39, 0.29) is 5.75 Å². The van der Waals surface area contributed by atoms with E-state index < -0.39 is 0 Å². The minimum atomic E-state index is 0.0867. The van der Waals surface area contributed by atoms with Crippen LogP contribution in [0.5, 0.6) is 5.75 Å². The second-order valence-electron chi connectivity index (χ2n) is 4.28. The molecule has 0 saturated carbocycles. The number of aromatic nitrogens is 2. The van der Waals surface area contributed by atoms with Crippen molar-refractivity contribution in [2.24, 2.45) is 0 Å². The van der Waals surface area contributed by atoms with Crippen LogP contribution >= 0.6 is 11.6 Å². The van der Waals surface area contributed by atoms with Crippen molar-refractivity contribution in [1.29, 1.82) is 0 Å². The molecule has 2 aromatic rings. The van der Waals surface area contributed by atoms with Crippen LogP contribution in [-0.4, -0.2) is 15.1 Å². The number of pyridine rings is 2. The van der Waals surface area contributed by atoms with Crippen LogP contribution in [0.3, 0.4) is 0 Å². The van der Waals surface area contributed by atoms with E-state index in [0.29, 0.717) is 11.6 Å². The summed E-state index contributed by atoms with van der Waals surface area (Å²) in [4.78, 5) is 8.52. The van der Waals surface area contributed by atoms with Crippen molar-refractivity contribution in [2.75, 3.05) is 5.32 Å². The van der Waals surface area contributed by atoms with Gasteiger partial charge in [-0.2, -0.15) is 0 Å². The molecule has 0 saturated heterocycles. The molecule has 1 aliphatic carbocycles. The molecule has 0 unspecified atom stereocenters. The highest BCUT2D eigenvalue weighted by Crippen LogP contribution is 2.21. The van der Waals surface area contributed by atoms with Gasteiger partial charge in [0.05, 0.1) is 5.35 Å². The number of nitrogens with one attached hydrogen (secondary N) is 1. The fourth-order valence-electron chi connectivity index (χ4n) is 2.01. The Bertz CT molecular complexity index is 743. The monoisotopic (exact) mass is 273 g/mol. The van der Waals surface area contributed by atoms with Crippen LogP contribution in [0.25, 0.3) is 11.1 Å². The van der Waals surface area contributed by atoms with Crippen LogP contribution < -0.4 is 15.9 Å². The average Bonchev–Trinajstić information content (AvgIpc) is 2.42. The van der Waals surface area contributed by atoms with Crippen molar-refractivity contribution in [2.45, 2.75) is 12.8 Å². The van der Waals surface area contributed by atoms with Crippen molar-refractivity contribution >= 4 is 34.3 Å². The number of hydrogen-bond acceptors (Lipinski definition) is 4. The van der Waals surface area contributed by atoms with Gasteiger partial charge in [-0.25, -0.2) is 9.97 Å². The highest BCUT2D eigenvalue weighted by Gasteiger charge is 2.06. The second-order valence-corrected chi connectivity index (χ2v) is 4.73. The van der Waals surface area contributed by atoms with E-state index in [1.807, 2.05) is 12.1 Å². The zero-order valence-corrected chi connectivity index (χ0v) is 10.9. The lowest BCUT2D eigenvalue weighted by Crippen LogP contribution is -2.32. The first-order chi connectivity index (χ1) is 9.24. The first kappa shape index (κ1) is 12.0. The summed E-state index contributed by atoms with van der Waals surface area (Å²) in [7, 11) is 0. The largest absolute Gasteiger partial charge is 0.504 e. The maximum Gasteiger partial charge on any atom is 0.174 e. The summed E-state index contributed by atoms with van der Waals surface area (Å²) < 4.78 is 0. The summed E-state index contributed by atoms with van der Waals surface area (Å²) >= 11 is 6.19. The first-order valence-electron chi connectivity index (χ1n) is 6.01. The molecule has 4 nitrogen and oxygen atoms in total. The van der Waals surface area contributed by atoms with E-state index in [9.17, 15) is 5.11 Å². The number of nitrogens with zero attached hydrogens (tertiary/aromatic N) is 2. The average molecular weight is 274 g/mol. The molecule has 2 heterocycles. The van der Waals surface area contributed by atoms with Gasteiger partial charge in [-0.05, 0) is 42.3 Å². The van der Waals surface area contributed by atoms with E-state index in [0.717, 1.165) is 28.4 Å². The molecule has 0 aliphatic heterocycles. The number of halogens is 1. The van der Waals surface area contributed by atoms with Crippen LogP contribution in [-0.2, 0) is 0 Å². The fraction of sp³-hybridized carbons (Fsp3) is 0.143. The Morgan fingerprint density at radius 1 is 1.26 bits per heavy atom. The quantitative estimate of drug-likeness (QED) is 0.877. The van der Waals surface area contributed by atoms with E-state index in [4.69, 9.17) is 11.6 Å². The van der Waals surface area contributed by atoms with Gasteiger partial charge >= 0.3 is 0 Å². The minimum absolute atomic E-state index is 0.0867. The van der Waals surface area contributed by atoms with Crippen LogP contribution in [0.4, 0.5) is 11.6 Å². The van der Waals surface area contributed by atoms with Gasteiger partial charge < -0.3 is 10.4 Å². The molecule has 0 amide bonds. The van der Waals surface area contributed by atoms with Gasteiger partial charge in [0, 0.05) is 11.2 Å². The summed E-state index contributed by atoms with van der Waals surface area (Å²) in [5.74, 6) is 1.08. The van der Waals surface area contributed by atoms with Crippen LogP contribution in [0.15, 0.2) is 30.5 Å². The zero-order valence-electron chi connectivity index (χ0n) is 10.1. The van der Waals surface area contributed by atoms with Crippen LogP contribution in [0.1, 0.15) is 12.8 Å². The molecule has 0 bridgehead atoms. The zero-order chi connectivity index (χ0) is 13.2. The van der Waals surface area contributed by atoms with Crippen molar-refractivity contribution in [1.82, 2.24) is 9.97 Å². The molecule has 2 aromatic heterocycles. The maximum atomic E-state index is 9.67. The second kappa shape index (κ2) is 4.90. The molecule has 19 heavy (non-hydrogen) atoms. The summed E-state index contributed by atoms with van der Waals surface area (Å²) in [6.45, 7) is 0. The Morgan fingerprint density at radius 3 is 3.00 bits per heavy atom. The first-order valence-corrected chi connectivity index (χ1v) is 6.39. The SMILES string of the molecule is Oc1cccnc1Nc1ccc2c(n1)=C(Cl)CCC=2. The highest BCUT2D eigenvalue weighted by molar-refractivity contribution is 6.45. The van der Waals surface area contributed by atoms with Crippen molar-refractivity contribution in [3.05, 3.63) is 41.0 Å². The highest BCUT2D eigenvalue weighted by atomic mass is 35.5. The minimum Gasteiger partial charge on any atom is -0.504 e. The van der Waals surface area contributed by atoms with Gasteiger partial charge in [0.2, 0.25) is 0 Å². The summed E-state index contributed by atoms with van der Waals surface area (Å²) in [5, 5.41) is 15.3. The standard InChI is InChI=1S/C14H12ClN3O/c15-10-4-1-3-9-6-7-12(17-13(9)10)18-14-11(19)5-2-8-16-14/h2-3,5-8,19H,1,4H2,(H,16,17,18). The number of anilines is 2. The van der Waals surface area contributed by atoms with E-state index in [2.05, 4.69) is 21.4 Å². The molecule has 0 aromatic carbocycles. The molecule has 3 rings (SSSR count). The third-order valence-corrected chi connectivity index (χ3v) is 3.31. The Morgan fingerprint density at radius 2 is 2.16 bits per heavy atom. The molecule has 0 atom stereocenters. The Hall–Kier alpha value is -2.07. The van der Waals surface area contributed by atoms with E-state index in [1.54, 1.807) is 18.3 Å². The summed E-state index contributed by atoms with van der Waals surface area (Å²) in [5.41, 5.74) is 0. The van der Waals surface area contributed by atoms with Gasteiger partial charge in [0.15, 0.2) is 11.6 Å². The van der Waals surface area contributed by atoms with Crippen molar-refractivity contribution in [3.8, 4) is 5.75 Å². The fourth-order valence-corrected chi connectivity index (χ4v) is 2.27. The maximum absolute atomic E-state index is 9.67. The van der Waals surface area contributed by atoms with Gasteiger partial charge in [-0.3, -0.25) is 0 Å². The summed E-state index contributed by atoms with van der Waals surface area (Å²) in [6, 6.07) is 7.05. The lowest BCUT2D eigenvalue weighted by Gasteiger charge is -2.08. The van der Waals surface area contributed by atoms with Gasteiger partial charge in [0.1, 0.15) is 5.82 Å². The molecule has 5 heteroatoms. The molecule has 1 aliphatic rings. The Kier molecular flexibility index (Phi) is 3.09. The topological polar surface area (TPSA) is 58.0 Å². The third-order valence-electron chi connectivity index (χ3n) is 2.94. The lowest BCUT2D eigenvalue weighted by molar-refractivity contribution is 0.475. The smallest absolute Gasteiger partial charge is 0.174 e. The summed E-state index contributed by atoms with van der Waals surface area (Å²) in [6.07, 6.45) is 5.49. The van der Waals surface area contributed by atoms with Gasteiger partial charge in [-0.1, -0.05) is 17.7 Å². The number of fused-ring (bicyclic) bond motifs is 1. The number of rotatable bonds is 2. The van der Waals surface area contributed by atoms with Crippen LogP contribution in [0.2, 0.25) is 0 Å². The molecule has 0 radical (unpaired) electrons. The molecular weight excluding hydrogens is 262 g/mol. The predicted octanol–water partition coefficient (Wildman–Crippen LogP) is 1.85. The third kappa shape index (κ3) is 2.39. The Labute approximate surface area is 115 Å². The molecule has 0 spiro atoms. The number of hydrogen-bond donors (Lipinski definition) is 2. The Balaban J connectivity index is 2.03. The normalized spacial score (nSPS) is 13.6. The predicted molar refractivity (Wildman–Crippen MR) is 75.6 cm³/mol. The van der Waals surface area contributed by atoms with Gasteiger partial charge in [0.25, 0.3) is 0 Å². The van der Waals surface area contributed by atoms with Crippen molar-refractivity contribution in [3.63, 3.8) is 0 Å². The van der Waals surface area contributed by atoms with E-state index >= 15 is 0 Å². The van der Waals surface area contributed by atoms with Crippen LogP contribution in [0, 0.1) is 0 Å². The molecular formula is C14H12ClN3O. The lowest BCUT2D eigenvalue weighted by atomic mass is 10.1. The molecule has 0 fully saturated rings. The van der Waals surface area contributed by atoms with Gasteiger partial charge in [-0.15, -0.1) is 0 Å². The molecule has 96 valence electrons. The van der Waals surface area contributed by atoms with E-state index in [1.165, 1.54) is 0 Å². The van der Waals surface area contributed by atoms with Crippen molar-refractivity contribution < 1.29 is 5.11 Å². The molecule has 2 N–H and O–H groups in total.